The minimum Gasteiger partial charge on any atom is -0.318 e. The van der Waals surface area contributed by atoms with Crippen molar-refractivity contribution in [2.45, 2.75) is 6.92 Å². The molecule has 0 aliphatic heterocycles. The Morgan fingerprint density at radius 1 is 1.09 bits per heavy atom. The van der Waals surface area contributed by atoms with Crippen molar-refractivity contribution >= 4 is 35.3 Å². The molecule has 0 aliphatic rings. The fraction of sp³-hybridized carbons (Fsp3) is 0.0625. The van der Waals surface area contributed by atoms with Crippen LogP contribution in [0.25, 0.3) is 0 Å². The number of amides is 2. The molecule has 2 aromatic rings. The van der Waals surface area contributed by atoms with E-state index in [1.54, 1.807) is 42.5 Å². The van der Waals surface area contributed by atoms with Gasteiger partial charge in [0.15, 0.2) is 0 Å². The molecule has 0 spiro atoms. The molecule has 0 bridgehead atoms. The van der Waals surface area contributed by atoms with Crippen molar-refractivity contribution in [1.82, 2.24) is 5.43 Å². The van der Waals surface area contributed by atoms with E-state index in [1.807, 2.05) is 13.0 Å². The second-order valence-electron chi connectivity index (χ2n) is 4.58. The Kier molecular flexibility index (Phi) is 5.27. The van der Waals surface area contributed by atoms with Crippen LogP contribution in [0.2, 0.25) is 5.02 Å². The van der Waals surface area contributed by atoms with Gasteiger partial charge in [-0.2, -0.15) is 5.10 Å². The van der Waals surface area contributed by atoms with E-state index in [4.69, 9.17) is 11.6 Å². The fourth-order valence-corrected chi connectivity index (χ4v) is 1.91. The Hall–Kier alpha value is -2.66. The van der Waals surface area contributed by atoms with Gasteiger partial charge >= 0.3 is 11.8 Å². The second-order valence-corrected chi connectivity index (χ2v) is 5.01. The van der Waals surface area contributed by atoms with Crippen LogP contribution in [0.5, 0.6) is 0 Å². The van der Waals surface area contributed by atoms with Gasteiger partial charge in [0.2, 0.25) is 0 Å². The van der Waals surface area contributed by atoms with Crippen molar-refractivity contribution in [3.63, 3.8) is 0 Å². The molecule has 0 saturated heterocycles. The Balaban J connectivity index is 1.90. The maximum Gasteiger partial charge on any atom is 0.329 e. The third kappa shape index (κ3) is 4.71. The Morgan fingerprint density at radius 3 is 2.59 bits per heavy atom. The highest BCUT2D eigenvalue weighted by atomic mass is 35.5. The zero-order chi connectivity index (χ0) is 15.9. The number of anilines is 1. The molecule has 2 N–H and O–H groups in total. The smallest absolute Gasteiger partial charge is 0.318 e. The first-order valence-corrected chi connectivity index (χ1v) is 6.89. The molecule has 0 saturated carbocycles. The van der Waals surface area contributed by atoms with E-state index in [0.717, 1.165) is 5.56 Å². The summed E-state index contributed by atoms with van der Waals surface area (Å²) >= 11 is 5.83. The van der Waals surface area contributed by atoms with Crippen LogP contribution in [-0.2, 0) is 9.59 Å². The van der Waals surface area contributed by atoms with Gasteiger partial charge in [-0.05, 0) is 42.3 Å². The van der Waals surface area contributed by atoms with Gasteiger partial charge in [-0.3, -0.25) is 9.59 Å². The lowest BCUT2D eigenvalue weighted by Gasteiger charge is -2.04. The van der Waals surface area contributed by atoms with E-state index in [2.05, 4.69) is 15.8 Å². The number of hydrogen-bond donors (Lipinski definition) is 2. The van der Waals surface area contributed by atoms with Gasteiger partial charge in [0.25, 0.3) is 0 Å². The van der Waals surface area contributed by atoms with E-state index in [0.29, 0.717) is 16.3 Å². The molecule has 0 radical (unpaired) electrons. The predicted molar refractivity (Wildman–Crippen MR) is 87.0 cm³/mol. The SMILES string of the molecule is Cc1cccc(NC(=O)C(=O)N/N=C\c2cccc(Cl)c2)c1. The molecule has 0 aromatic heterocycles. The number of hydrazone groups is 1. The highest BCUT2D eigenvalue weighted by molar-refractivity contribution is 6.39. The normalized spacial score (nSPS) is 10.5. The van der Waals surface area contributed by atoms with Gasteiger partial charge in [0, 0.05) is 10.7 Å². The number of nitrogens with zero attached hydrogens (tertiary/aromatic N) is 1. The number of halogens is 1. The zero-order valence-electron chi connectivity index (χ0n) is 11.8. The lowest BCUT2D eigenvalue weighted by molar-refractivity contribution is -0.136. The first-order valence-electron chi connectivity index (χ1n) is 6.51. The molecule has 0 aliphatic carbocycles. The monoisotopic (exact) mass is 315 g/mol. The quantitative estimate of drug-likeness (QED) is 0.519. The van der Waals surface area contributed by atoms with Crippen LogP contribution in [-0.4, -0.2) is 18.0 Å². The summed E-state index contributed by atoms with van der Waals surface area (Å²) in [6, 6.07) is 14.1. The van der Waals surface area contributed by atoms with Gasteiger partial charge in [0.05, 0.1) is 6.21 Å². The summed E-state index contributed by atoms with van der Waals surface area (Å²) in [5, 5.41) is 6.78. The van der Waals surface area contributed by atoms with E-state index in [-0.39, 0.29) is 0 Å². The highest BCUT2D eigenvalue weighted by Gasteiger charge is 2.12. The van der Waals surface area contributed by atoms with E-state index in [1.165, 1.54) is 6.21 Å². The molecule has 5 nitrogen and oxygen atoms in total. The minimum absolute atomic E-state index is 0.555. The summed E-state index contributed by atoms with van der Waals surface area (Å²) in [5.41, 5.74) is 4.41. The second kappa shape index (κ2) is 7.38. The standard InChI is InChI=1S/C16H14ClN3O2/c1-11-4-2-7-14(8-11)19-15(21)16(22)20-18-10-12-5-3-6-13(17)9-12/h2-10H,1H3,(H,19,21)(H,20,22)/b18-10-. The molecule has 0 unspecified atom stereocenters. The van der Waals surface area contributed by atoms with Crippen LogP contribution < -0.4 is 10.7 Å². The maximum absolute atomic E-state index is 11.7. The first-order chi connectivity index (χ1) is 10.5. The maximum atomic E-state index is 11.7. The Labute approximate surface area is 133 Å². The van der Waals surface area contributed by atoms with Gasteiger partial charge in [-0.1, -0.05) is 35.9 Å². The number of rotatable bonds is 3. The molecule has 22 heavy (non-hydrogen) atoms. The Bertz CT molecular complexity index is 729. The van der Waals surface area contributed by atoms with Crippen molar-refractivity contribution in [1.29, 1.82) is 0 Å². The molecule has 0 atom stereocenters. The number of nitrogens with one attached hydrogen (secondary N) is 2. The highest BCUT2D eigenvalue weighted by Crippen LogP contribution is 2.09. The number of aryl methyl sites for hydroxylation is 1. The summed E-state index contributed by atoms with van der Waals surface area (Å²) < 4.78 is 0. The molecule has 112 valence electrons. The fourth-order valence-electron chi connectivity index (χ4n) is 1.71. The average molecular weight is 316 g/mol. The number of carbonyl (C=O) groups excluding carboxylic acids is 2. The molecule has 2 aromatic carbocycles. The molecule has 6 heteroatoms. The van der Waals surface area contributed by atoms with Crippen molar-refractivity contribution in [2.75, 3.05) is 5.32 Å². The molecule has 0 fully saturated rings. The van der Waals surface area contributed by atoms with Crippen LogP contribution in [0, 0.1) is 6.92 Å². The van der Waals surface area contributed by atoms with Crippen LogP contribution in [0.15, 0.2) is 53.6 Å². The minimum atomic E-state index is -0.847. The van der Waals surface area contributed by atoms with E-state index >= 15 is 0 Å². The van der Waals surface area contributed by atoms with E-state index < -0.39 is 11.8 Å². The number of benzene rings is 2. The van der Waals surface area contributed by atoms with Crippen molar-refractivity contribution < 1.29 is 9.59 Å². The molecule has 2 rings (SSSR count). The third-order valence-corrected chi connectivity index (χ3v) is 2.95. The molecular weight excluding hydrogens is 302 g/mol. The molecule has 0 heterocycles. The first kappa shape index (κ1) is 15.7. The topological polar surface area (TPSA) is 70.6 Å². The molecular formula is C16H14ClN3O2. The van der Waals surface area contributed by atoms with Crippen molar-refractivity contribution in [3.8, 4) is 0 Å². The van der Waals surface area contributed by atoms with Crippen LogP contribution >= 0.6 is 11.6 Å². The Morgan fingerprint density at radius 2 is 1.86 bits per heavy atom. The summed E-state index contributed by atoms with van der Waals surface area (Å²) in [5.74, 6) is -1.63. The lowest BCUT2D eigenvalue weighted by Crippen LogP contribution is -2.32. The zero-order valence-corrected chi connectivity index (χ0v) is 12.6. The summed E-state index contributed by atoms with van der Waals surface area (Å²) in [4.78, 5) is 23.3. The lowest BCUT2D eigenvalue weighted by atomic mass is 10.2. The van der Waals surface area contributed by atoms with Gasteiger partial charge in [-0.15, -0.1) is 0 Å². The summed E-state index contributed by atoms with van der Waals surface area (Å²) in [6.07, 6.45) is 1.41. The average Bonchev–Trinajstić information content (AvgIpc) is 2.47. The van der Waals surface area contributed by atoms with Crippen molar-refractivity contribution in [3.05, 3.63) is 64.7 Å². The largest absolute Gasteiger partial charge is 0.329 e. The van der Waals surface area contributed by atoms with Crippen LogP contribution in [0.1, 0.15) is 11.1 Å². The molecule has 2 amide bonds. The number of hydrogen-bond acceptors (Lipinski definition) is 3. The van der Waals surface area contributed by atoms with Crippen LogP contribution in [0.4, 0.5) is 5.69 Å². The van der Waals surface area contributed by atoms with E-state index in [9.17, 15) is 9.59 Å². The van der Waals surface area contributed by atoms with Gasteiger partial charge in [-0.25, -0.2) is 5.43 Å². The van der Waals surface area contributed by atoms with Gasteiger partial charge in [0.1, 0.15) is 0 Å². The summed E-state index contributed by atoms with van der Waals surface area (Å²) in [6.45, 7) is 1.89. The van der Waals surface area contributed by atoms with Gasteiger partial charge < -0.3 is 5.32 Å². The number of carbonyl (C=O) groups is 2. The predicted octanol–water partition coefficient (Wildman–Crippen LogP) is 2.74. The van der Waals surface area contributed by atoms with Crippen molar-refractivity contribution in [2.24, 2.45) is 5.10 Å². The summed E-state index contributed by atoms with van der Waals surface area (Å²) in [7, 11) is 0. The third-order valence-electron chi connectivity index (χ3n) is 2.71. The van der Waals surface area contributed by atoms with Crippen LogP contribution in [0.3, 0.4) is 0 Å².